The van der Waals surface area contributed by atoms with Gasteiger partial charge in [-0.15, -0.1) is 22.9 Å². The van der Waals surface area contributed by atoms with E-state index in [0.717, 1.165) is 16.9 Å². The van der Waals surface area contributed by atoms with Crippen LogP contribution in [0.4, 0.5) is 0 Å². The molecule has 0 amide bonds. The Balaban J connectivity index is 2.21. The van der Waals surface area contributed by atoms with Gasteiger partial charge < -0.3 is 4.57 Å². The number of aryl methyl sites for hydroxylation is 1. The Bertz CT molecular complexity index is 799. The fourth-order valence-electron chi connectivity index (χ4n) is 2.56. The van der Waals surface area contributed by atoms with Crippen LogP contribution in [0.3, 0.4) is 0 Å². The lowest BCUT2D eigenvalue weighted by atomic mass is 10.2. The maximum Gasteiger partial charge on any atom is 0.111 e. The molecule has 0 aliphatic rings. The van der Waals surface area contributed by atoms with E-state index in [1.807, 2.05) is 12.1 Å². The van der Waals surface area contributed by atoms with Gasteiger partial charge in [0.05, 0.1) is 28.7 Å². The maximum atomic E-state index is 9.12. The van der Waals surface area contributed by atoms with Gasteiger partial charge in [0.2, 0.25) is 0 Å². The summed E-state index contributed by atoms with van der Waals surface area (Å²) in [6.45, 7) is 2.16. The SMILES string of the molecule is CC(c1cccs1)n1c(CCCl)nc2ccc(C#N)cc21. The van der Waals surface area contributed by atoms with Crippen LogP contribution >= 0.6 is 22.9 Å². The van der Waals surface area contributed by atoms with Crippen LogP contribution in [-0.4, -0.2) is 15.4 Å². The first-order chi connectivity index (χ1) is 10.2. The maximum absolute atomic E-state index is 9.12. The number of halogens is 1. The van der Waals surface area contributed by atoms with Crippen LogP contribution in [0, 0.1) is 11.3 Å². The van der Waals surface area contributed by atoms with Gasteiger partial charge in [-0.05, 0) is 36.6 Å². The highest BCUT2D eigenvalue weighted by atomic mass is 35.5. The minimum absolute atomic E-state index is 0.183. The van der Waals surface area contributed by atoms with Gasteiger partial charge in [0.1, 0.15) is 5.82 Å². The molecule has 3 rings (SSSR count). The third kappa shape index (κ3) is 2.55. The fourth-order valence-corrected chi connectivity index (χ4v) is 3.50. The Morgan fingerprint density at radius 1 is 1.43 bits per heavy atom. The number of nitrogens with zero attached hydrogens (tertiary/aromatic N) is 3. The first-order valence-corrected chi connectivity index (χ1v) is 8.16. The van der Waals surface area contributed by atoms with Crippen LogP contribution < -0.4 is 0 Å². The second-order valence-electron chi connectivity index (χ2n) is 4.84. The predicted octanol–water partition coefficient (Wildman–Crippen LogP) is 4.36. The van der Waals surface area contributed by atoms with Crippen molar-refractivity contribution in [3.8, 4) is 6.07 Å². The van der Waals surface area contributed by atoms with Gasteiger partial charge in [0, 0.05) is 17.2 Å². The highest BCUT2D eigenvalue weighted by molar-refractivity contribution is 7.10. The number of rotatable bonds is 4. The van der Waals surface area contributed by atoms with Crippen molar-refractivity contribution in [3.63, 3.8) is 0 Å². The van der Waals surface area contributed by atoms with Crippen molar-refractivity contribution in [2.24, 2.45) is 0 Å². The number of aromatic nitrogens is 2. The van der Waals surface area contributed by atoms with Gasteiger partial charge >= 0.3 is 0 Å². The molecule has 2 heterocycles. The largest absolute Gasteiger partial charge is 0.320 e. The van der Waals surface area contributed by atoms with E-state index in [4.69, 9.17) is 16.9 Å². The van der Waals surface area contributed by atoms with E-state index in [1.165, 1.54) is 4.88 Å². The van der Waals surface area contributed by atoms with Crippen LogP contribution in [0.1, 0.15) is 29.2 Å². The molecule has 0 spiro atoms. The Morgan fingerprint density at radius 2 is 2.29 bits per heavy atom. The van der Waals surface area contributed by atoms with Gasteiger partial charge in [-0.3, -0.25) is 0 Å². The number of hydrogen-bond donors (Lipinski definition) is 0. The molecule has 0 bridgehead atoms. The Morgan fingerprint density at radius 3 is 2.95 bits per heavy atom. The van der Waals surface area contributed by atoms with Crippen molar-refractivity contribution in [2.75, 3.05) is 5.88 Å². The summed E-state index contributed by atoms with van der Waals surface area (Å²) in [4.78, 5) is 5.95. The Labute approximate surface area is 132 Å². The summed E-state index contributed by atoms with van der Waals surface area (Å²) < 4.78 is 2.20. The van der Waals surface area contributed by atoms with Crippen LogP contribution in [0.5, 0.6) is 0 Å². The second-order valence-corrected chi connectivity index (χ2v) is 6.20. The minimum atomic E-state index is 0.183. The van der Waals surface area contributed by atoms with E-state index in [1.54, 1.807) is 17.4 Å². The first kappa shape index (κ1) is 14.1. The molecule has 0 saturated heterocycles. The first-order valence-electron chi connectivity index (χ1n) is 6.75. The molecular formula is C16H14ClN3S. The van der Waals surface area contributed by atoms with Crippen LogP contribution in [0.25, 0.3) is 11.0 Å². The second kappa shape index (κ2) is 5.88. The Hall–Kier alpha value is -1.83. The van der Waals surface area contributed by atoms with E-state index in [9.17, 15) is 0 Å². The summed E-state index contributed by atoms with van der Waals surface area (Å²) in [5.74, 6) is 1.50. The molecule has 5 heteroatoms. The van der Waals surface area contributed by atoms with Gasteiger partial charge in [-0.25, -0.2) is 4.98 Å². The number of imidazole rings is 1. The summed E-state index contributed by atoms with van der Waals surface area (Å²) in [6.07, 6.45) is 0.716. The normalized spacial score (nSPS) is 12.4. The Kier molecular flexibility index (Phi) is 3.96. The zero-order valence-corrected chi connectivity index (χ0v) is 13.2. The van der Waals surface area contributed by atoms with Crippen molar-refractivity contribution in [2.45, 2.75) is 19.4 Å². The molecule has 0 saturated carbocycles. The molecule has 0 aliphatic heterocycles. The zero-order chi connectivity index (χ0) is 14.8. The third-order valence-electron chi connectivity index (χ3n) is 3.55. The quantitative estimate of drug-likeness (QED) is 0.671. The lowest BCUT2D eigenvalue weighted by Gasteiger charge is -2.16. The van der Waals surface area contributed by atoms with Crippen molar-refractivity contribution in [1.82, 2.24) is 9.55 Å². The van der Waals surface area contributed by atoms with E-state index in [2.05, 4.69) is 40.1 Å². The summed E-state index contributed by atoms with van der Waals surface area (Å²) in [5, 5.41) is 11.2. The summed E-state index contributed by atoms with van der Waals surface area (Å²) in [7, 11) is 0. The molecule has 1 atom stereocenters. The molecule has 3 aromatic rings. The van der Waals surface area contributed by atoms with Crippen LogP contribution in [0.15, 0.2) is 35.7 Å². The predicted molar refractivity (Wildman–Crippen MR) is 87.0 cm³/mol. The number of fused-ring (bicyclic) bond motifs is 1. The smallest absolute Gasteiger partial charge is 0.111 e. The highest BCUT2D eigenvalue weighted by Gasteiger charge is 2.18. The lowest BCUT2D eigenvalue weighted by molar-refractivity contribution is 0.633. The lowest BCUT2D eigenvalue weighted by Crippen LogP contribution is -2.10. The van der Waals surface area contributed by atoms with Crippen molar-refractivity contribution in [3.05, 3.63) is 52.0 Å². The van der Waals surface area contributed by atoms with E-state index in [-0.39, 0.29) is 6.04 Å². The standard InChI is InChI=1S/C16H14ClN3S/c1-11(15-3-2-8-21-15)20-14-9-12(10-18)4-5-13(14)19-16(20)6-7-17/h2-5,8-9,11H,6-7H2,1H3. The number of benzene rings is 1. The van der Waals surface area contributed by atoms with E-state index >= 15 is 0 Å². The molecule has 21 heavy (non-hydrogen) atoms. The molecule has 0 radical (unpaired) electrons. The number of nitriles is 1. The molecule has 0 N–H and O–H groups in total. The molecule has 2 aromatic heterocycles. The molecular weight excluding hydrogens is 302 g/mol. The summed E-state index contributed by atoms with van der Waals surface area (Å²) in [5.41, 5.74) is 2.56. The minimum Gasteiger partial charge on any atom is -0.320 e. The fraction of sp³-hybridized carbons (Fsp3) is 0.250. The van der Waals surface area contributed by atoms with Crippen molar-refractivity contribution >= 4 is 34.0 Å². The molecule has 0 aliphatic carbocycles. The number of thiophene rings is 1. The highest BCUT2D eigenvalue weighted by Crippen LogP contribution is 2.29. The molecule has 1 unspecified atom stereocenters. The van der Waals surface area contributed by atoms with Crippen LogP contribution in [0.2, 0.25) is 0 Å². The summed E-state index contributed by atoms with van der Waals surface area (Å²) >= 11 is 7.65. The molecule has 106 valence electrons. The molecule has 3 nitrogen and oxygen atoms in total. The van der Waals surface area contributed by atoms with Crippen LogP contribution in [-0.2, 0) is 6.42 Å². The van der Waals surface area contributed by atoms with Gasteiger partial charge in [0.25, 0.3) is 0 Å². The average Bonchev–Trinajstić information content (AvgIpc) is 3.13. The van der Waals surface area contributed by atoms with Gasteiger partial charge in [-0.2, -0.15) is 5.26 Å². The van der Waals surface area contributed by atoms with Crippen molar-refractivity contribution < 1.29 is 0 Å². The van der Waals surface area contributed by atoms with E-state index in [0.29, 0.717) is 17.9 Å². The van der Waals surface area contributed by atoms with Crippen molar-refractivity contribution in [1.29, 1.82) is 5.26 Å². The summed E-state index contributed by atoms with van der Waals surface area (Å²) in [6, 6.07) is 12.2. The third-order valence-corrected chi connectivity index (χ3v) is 4.78. The van der Waals surface area contributed by atoms with Gasteiger partial charge in [0.15, 0.2) is 0 Å². The molecule has 1 aromatic carbocycles. The monoisotopic (exact) mass is 315 g/mol. The van der Waals surface area contributed by atoms with Gasteiger partial charge in [-0.1, -0.05) is 6.07 Å². The number of alkyl halides is 1. The van der Waals surface area contributed by atoms with E-state index < -0.39 is 0 Å². The zero-order valence-electron chi connectivity index (χ0n) is 11.6. The average molecular weight is 316 g/mol. The topological polar surface area (TPSA) is 41.6 Å². The molecule has 0 fully saturated rings. The number of hydrogen-bond acceptors (Lipinski definition) is 3.